The van der Waals surface area contributed by atoms with Crippen LogP contribution < -0.4 is 19.9 Å². The third kappa shape index (κ3) is 5.44. The van der Waals surface area contributed by atoms with E-state index in [4.69, 9.17) is 19.7 Å². The predicted molar refractivity (Wildman–Crippen MR) is 171 cm³/mol. The zero-order chi connectivity index (χ0) is 35.5. The molecule has 7 rings (SSSR count). The summed E-state index contributed by atoms with van der Waals surface area (Å²) in [6, 6.07) is 18.0. The van der Waals surface area contributed by atoms with E-state index in [0.717, 1.165) is 11.6 Å². The minimum atomic E-state index is -5.11. The smallest absolute Gasteiger partial charge is 0.507 e. The van der Waals surface area contributed by atoms with Gasteiger partial charge in [-0.15, -0.1) is 13.2 Å². The number of aliphatic hydroxyl groups excluding tert-OH is 1. The Morgan fingerprint density at radius 2 is 1.60 bits per heavy atom. The highest BCUT2D eigenvalue weighted by Crippen LogP contribution is 2.57. The average Bonchev–Trinajstić information content (AvgIpc) is 3.49. The van der Waals surface area contributed by atoms with Crippen LogP contribution in [-0.2, 0) is 24.4 Å². The van der Waals surface area contributed by atoms with E-state index in [0.29, 0.717) is 5.56 Å². The summed E-state index contributed by atoms with van der Waals surface area (Å²) in [5.41, 5.74) is 3.73. The topological polar surface area (TPSA) is 158 Å². The third-order valence-electron chi connectivity index (χ3n) is 9.53. The summed E-state index contributed by atoms with van der Waals surface area (Å²) < 4.78 is 62.7. The van der Waals surface area contributed by atoms with E-state index in [1.54, 1.807) is 73.6 Å². The van der Waals surface area contributed by atoms with Gasteiger partial charge in [0.15, 0.2) is 17.1 Å². The molecule has 0 unspecified atom stereocenters. The molecule has 0 amide bonds. The number of ether oxygens (including phenoxy) is 3. The fourth-order valence-corrected chi connectivity index (χ4v) is 7.39. The zero-order valence-electron chi connectivity index (χ0n) is 26.9. The number of alkyl halides is 3. The number of nitrogen functional groups attached to an aromatic ring is 1. The number of carbonyl (C=O) groups excluding carboxylic acids is 2. The number of halogens is 3. The summed E-state index contributed by atoms with van der Waals surface area (Å²) in [5.74, 6) is -5.95. The van der Waals surface area contributed by atoms with E-state index >= 15 is 0 Å². The van der Waals surface area contributed by atoms with Crippen molar-refractivity contribution >= 4 is 23.0 Å². The normalized spacial score (nSPS) is 22.8. The number of nitrogens with zero attached hydrogens (tertiary/aromatic N) is 2. The minimum Gasteiger partial charge on any atom is -0.507 e. The Balaban J connectivity index is 1.34. The molecule has 4 atom stereocenters. The van der Waals surface area contributed by atoms with Crippen molar-refractivity contribution in [3.63, 3.8) is 0 Å². The van der Waals surface area contributed by atoms with E-state index in [-0.39, 0.29) is 71.4 Å². The van der Waals surface area contributed by atoms with Gasteiger partial charge in [-0.05, 0) is 49.1 Å². The zero-order valence-corrected chi connectivity index (χ0v) is 26.9. The lowest BCUT2D eigenvalue weighted by Gasteiger charge is -2.49. The fourth-order valence-electron chi connectivity index (χ4n) is 7.39. The van der Waals surface area contributed by atoms with Crippen molar-refractivity contribution in [3.8, 4) is 17.4 Å². The van der Waals surface area contributed by atoms with Crippen molar-refractivity contribution in [1.82, 2.24) is 10.1 Å². The first kappa shape index (κ1) is 33.2. The predicted octanol–water partition coefficient (Wildman–Crippen LogP) is 5.57. The quantitative estimate of drug-likeness (QED) is 0.157. The summed E-state index contributed by atoms with van der Waals surface area (Å²) >= 11 is 0. The number of aliphatic hydroxyl groups is 2. The molecule has 3 aliphatic rings. The number of benzene rings is 3. The van der Waals surface area contributed by atoms with Crippen LogP contribution in [0.15, 0.2) is 76.8 Å². The molecule has 0 radical (unpaired) electrons. The molecule has 1 heterocycles. The molecule has 260 valence electrons. The van der Waals surface area contributed by atoms with Crippen LogP contribution in [0.2, 0.25) is 0 Å². The van der Waals surface area contributed by atoms with Crippen LogP contribution in [0, 0.1) is 11.8 Å². The molecular weight excluding hydrogens is 659 g/mol. The van der Waals surface area contributed by atoms with Gasteiger partial charge in [-0.1, -0.05) is 60.7 Å². The molecule has 50 heavy (non-hydrogen) atoms. The molecular formula is C36H32F3N3O8. The van der Waals surface area contributed by atoms with Crippen LogP contribution in [0.5, 0.6) is 17.4 Å². The van der Waals surface area contributed by atoms with Gasteiger partial charge >= 0.3 is 6.36 Å². The van der Waals surface area contributed by atoms with Gasteiger partial charge in [0, 0.05) is 23.1 Å². The third-order valence-corrected chi connectivity index (χ3v) is 9.53. The van der Waals surface area contributed by atoms with Crippen LogP contribution >= 0.6 is 0 Å². The van der Waals surface area contributed by atoms with Gasteiger partial charge in [-0.25, -0.2) is 0 Å². The molecule has 11 nitrogen and oxygen atoms in total. The highest BCUT2D eigenvalue weighted by molar-refractivity contribution is 6.26. The molecule has 3 aliphatic carbocycles. The van der Waals surface area contributed by atoms with Crippen molar-refractivity contribution < 1.29 is 51.7 Å². The first-order valence-corrected chi connectivity index (χ1v) is 15.8. The maximum Gasteiger partial charge on any atom is 0.573 e. The second-order valence-corrected chi connectivity index (χ2v) is 12.8. The molecule has 0 spiro atoms. The Hall–Kier alpha value is -5.34. The van der Waals surface area contributed by atoms with Gasteiger partial charge in [0.25, 0.3) is 5.88 Å². The van der Waals surface area contributed by atoms with Gasteiger partial charge < -0.3 is 34.7 Å². The van der Waals surface area contributed by atoms with Gasteiger partial charge in [0.2, 0.25) is 11.6 Å². The number of anilines is 1. The van der Waals surface area contributed by atoms with Crippen molar-refractivity contribution in [2.75, 3.05) is 19.8 Å². The number of aromatic nitrogens is 1. The summed E-state index contributed by atoms with van der Waals surface area (Å²) in [7, 11) is 3.32. The summed E-state index contributed by atoms with van der Waals surface area (Å²) in [6.45, 7) is -0.0657. The van der Waals surface area contributed by atoms with Crippen LogP contribution in [-0.4, -0.2) is 57.9 Å². The molecule has 1 aromatic heterocycles. The van der Waals surface area contributed by atoms with Gasteiger partial charge in [0.1, 0.15) is 30.3 Å². The maximum atomic E-state index is 14.5. The standard InChI is InChI=1S/C36H32F3N3O8/c1-42(2)28-22-14-20-13-21-24(49-36(37,38)39)15-23(40)30(47-16-18-9-5-3-6-10-18)26(21)29(43)25(20)32(44)35(22,46)33(45)27-31(28)50-41-34(27)48-17-19-11-7-4-8-12-19/h3-12,15,20,22,28,43,46H,13-14,16-17,40H2,1-2H3/t20-,22-,28-,35-/m0/s1. The lowest BCUT2D eigenvalue weighted by Crippen LogP contribution is -2.63. The fraction of sp³-hybridized carbons (Fsp3) is 0.306. The molecule has 3 aromatic carbocycles. The Bertz CT molecular complexity index is 2010. The van der Waals surface area contributed by atoms with E-state index < -0.39 is 52.9 Å². The van der Waals surface area contributed by atoms with E-state index in [1.165, 1.54) is 0 Å². The number of Topliss-reactive ketones (excluding diaryl/α,β-unsaturated/α-hetero) is 2. The Kier molecular flexibility index (Phi) is 8.10. The van der Waals surface area contributed by atoms with Crippen molar-refractivity contribution in [1.29, 1.82) is 0 Å². The molecule has 1 saturated carbocycles. The Morgan fingerprint density at radius 3 is 2.20 bits per heavy atom. The van der Waals surface area contributed by atoms with E-state index in [2.05, 4.69) is 9.89 Å². The van der Waals surface area contributed by atoms with Gasteiger partial charge in [-0.3, -0.25) is 14.5 Å². The average molecular weight is 692 g/mol. The highest BCUT2D eigenvalue weighted by Gasteiger charge is 2.65. The molecule has 4 aromatic rings. The van der Waals surface area contributed by atoms with Crippen LogP contribution in [0.25, 0.3) is 5.76 Å². The second kappa shape index (κ2) is 12.2. The molecule has 1 fully saturated rings. The molecule has 4 N–H and O–H groups in total. The molecule has 0 aliphatic heterocycles. The highest BCUT2D eigenvalue weighted by atomic mass is 19.4. The number of ketones is 2. The largest absolute Gasteiger partial charge is 0.573 e. The van der Waals surface area contributed by atoms with Crippen molar-refractivity contribution in [2.45, 2.75) is 44.1 Å². The van der Waals surface area contributed by atoms with Crippen molar-refractivity contribution in [3.05, 3.63) is 106 Å². The number of hydrogen-bond acceptors (Lipinski definition) is 11. The second-order valence-electron chi connectivity index (χ2n) is 12.8. The number of hydrogen-bond donors (Lipinski definition) is 3. The molecule has 0 bridgehead atoms. The van der Waals surface area contributed by atoms with Crippen molar-refractivity contribution in [2.24, 2.45) is 11.8 Å². The van der Waals surface area contributed by atoms with Crippen LogP contribution in [0.1, 0.15) is 50.8 Å². The summed E-state index contributed by atoms with van der Waals surface area (Å²) in [4.78, 5) is 30.5. The number of rotatable bonds is 8. The van der Waals surface area contributed by atoms with E-state index in [9.17, 15) is 33.0 Å². The Labute approximate surface area is 283 Å². The number of nitrogens with two attached hydrogens (primary N) is 1. The number of fused-ring (bicyclic) bond motifs is 4. The van der Waals surface area contributed by atoms with Crippen LogP contribution in [0.4, 0.5) is 18.9 Å². The van der Waals surface area contributed by atoms with Gasteiger partial charge in [0.05, 0.1) is 17.3 Å². The summed E-state index contributed by atoms with van der Waals surface area (Å²) in [5, 5.41) is 28.1. The first-order valence-electron chi connectivity index (χ1n) is 15.8. The van der Waals surface area contributed by atoms with Crippen LogP contribution in [0.3, 0.4) is 0 Å². The van der Waals surface area contributed by atoms with Gasteiger partial charge in [-0.2, -0.15) is 0 Å². The summed E-state index contributed by atoms with van der Waals surface area (Å²) in [6.07, 6.45) is -5.45. The first-order chi connectivity index (χ1) is 23.8. The molecule has 0 saturated heterocycles. The SMILES string of the molecule is CN(C)[C@@H]1c2onc(OCc3ccccc3)c2C(=O)[C@@]2(O)C(=O)C3=C(O)c4c(c(OC(F)(F)F)cc(N)c4OCc4ccccc4)C[C@H]3C[C@@H]12. The Morgan fingerprint density at radius 1 is 0.980 bits per heavy atom. The minimum absolute atomic E-state index is 0.00976. The lowest BCUT2D eigenvalue weighted by atomic mass is 9.57. The monoisotopic (exact) mass is 691 g/mol. The molecule has 14 heteroatoms. The lowest BCUT2D eigenvalue weighted by molar-refractivity contribution is -0.275. The maximum absolute atomic E-state index is 14.5. The number of carbonyl (C=O) groups is 2. The van der Waals surface area contributed by atoms with E-state index in [1.807, 2.05) is 6.07 Å².